The molecule has 0 saturated carbocycles. The molecule has 208 valence electrons. The normalized spacial score (nSPS) is 16.7. The minimum atomic E-state index is -4.96. The lowest BCUT2D eigenvalue weighted by Crippen LogP contribution is -2.27. The van der Waals surface area contributed by atoms with Gasteiger partial charge in [-0.05, 0) is 66.3 Å². The Bertz CT molecular complexity index is 1420. The van der Waals surface area contributed by atoms with Crippen molar-refractivity contribution < 1.29 is 31.1 Å². The molecule has 2 aromatic carbocycles. The smallest absolute Gasteiger partial charge is 0.302 e. The highest BCUT2D eigenvalue weighted by Gasteiger charge is 2.38. The number of thioether (sulfide) groups is 1. The first-order valence-corrected chi connectivity index (χ1v) is 12.9. The summed E-state index contributed by atoms with van der Waals surface area (Å²) in [5, 5.41) is 7.40. The average molecular weight is 570 g/mol. The fourth-order valence-electron chi connectivity index (χ4n) is 4.14. The molecule has 39 heavy (non-hydrogen) atoms. The lowest BCUT2D eigenvalue weighted by atomic mass is 10.0. The van der Waals surface area contributed by atoms with E-state index in [0.717, 1.165) is 43.0 Å². The Morgan fingerprint density at radius 1 is 1.05 bits per heavy atom. The van der Waals surface area contributed by atoms with E-state index in [0.29, 0.717) is 34.3 Å². The van der Waals surface area contributed by atoms with Gasteiger partial charge in [0.2, 0.25) is 0 Å². The molecule has 1 aliphatic heterocycles. The molecule has 6 nitrogen and oxygen atoms in total. The third-order valence-electron chi connectivity index (χ3n) is 6.19. The number of halogens is 6. The number of nitrogens with one attached hydrogen (secondary N) is 1. The summed E-state index contributed by atoms with van der Waals surface area (Å²) in [6.45, 7) is 6.83. The van der Waals surface area contributed by atoms with E-state index in [2.05, 4.69) is 34.2 Å². The van der Waals surface area contributed by atoms with E-state index in [1.807, 2.05) is 0 Å². The fourth-order valence-corrected chi connectivity index (χ4v) is 4.89. The first-order valence-electron chi connectivity index (χ1n) is 12.1. The predicted molar refractivity (Wildman–Crippen MR) is 139 cm³/mol. The molecule has 2 heterocycles. The van der Waals surface area contributed by atoms with Crippen molar-refractivity contribution in [2.24, 2.45) is 4.99 Å². The van der Waals surface area contributed by atoms with Crippen molar-refractivity contribution in [1.82, 2.24) is 20.0 Å². The van der Waals surface area contributed by atoms with Gasteiger partial charge >= 0.3 is 12.4 Å². The van der Waals surface area contributed by atoms with Crippen LogP contribution in [0, 0.1) is 0 Å². The molecule has 13 heteroatoms. The fraction of sp³-hybridized carbons (Fsp3) is 0.346. The van der Waals surface area contributed by atoms with Crippen molar-refractivity contribution in [3.05, 3.63) is 69.8 Å². The van der Waals surface area contributed by atoms with Crippen molar-refractivity contribution in [2.75, 3.05) is 26.2 Å². The van der Waals surface area contributed by atoms with Crippen LogP contribution in [0.3, 0.4) is 0 Å². The zero-order valence-corrected chi connectivity index (χ0v) is 21.8. The van der Waals surface area contributed by atoms with Gasteiger partial charge in [-0.3, -0.25) is 14.5 Å². The molecule has 0 bridgehead atoms. The van der Waals surface area contributed by atoms with Crippen molar-refractivity contribution in [3.8, 4) is 0 Å². The van der Waals surface area contributed by atoms with E-state index in [4.69, 9.17) is 0 Å². The number of hydrogen-bond donors (Lipinski definition) is 1. The third kappa shape index (κ3) is 7.01. The number of aliphatic imine (C=N–C) groups is 1. The Hall–Kier alpha value is -3.32. The Morgan fingerprint density at radius 3 is 2.46 bits per heavy atom. The van der Waals surface area contributed by atoms with Gasteiger partial charge in [-0.25, -0.2) is 0 Å². The molecular weight excluding hydrogens is 544 g/mol. The monoisotopic (exact) mass is 569 g/mol. The Morgan fingerprint density at radius 2 is 1.79 bits per heavy atom. The third-order valence-corrected chi connectivity index (χ3v) is 7.00. The van der Waals surface area contributed by atoms with Gasteiger partial charge in [-0.15, -0.1) is 0 Å². The Balaban J connectivity index is 1.58. The summed E-state index contributed by atoms with van der Waals surface area (Å²) < 4.78 is 80.8. The van der Waals surface area contributed by atoms with Gasteiger partial charge in [-0.1, -0.05) is 26.0 Å². The number of nitrogens with zero attached hydrogens (tertiary/aromatic N) is 4. The van der Waals surface area contributed by atoms with E-state index < -0.39 is 23.5 Å². The number of hydrogen-bond acceptors (Lipinski definition) is 5. The van der Waals surface area contributed by atoms with Gasteiger partial charge in [0.05, 0.1) is 34.6 Å². The van der Waals surface area contributed by atoms with Gasteiger partial charge in [0.1, 0.15) is 5.84 Å². The number of aromatic nitrogens is 2. The molecule has 0 radical (unpaired) electrons. The zero-order valence-electron chi connectivity index (χ0n) is 21.0. The molecule has 1 N–H and O–H groups in total. The van der Waals surface area contributed by atoms with Gasteiger partial charge in [0.15, 0.2) is 0 Å². The number of carbonyl (C=O) groups excluding carboxylic acids is 1. The molecule has 0 spiro atoms. The van der Waals surface area contributed by atoms with Crippen molar-refractivity contribution in [1.29, 1.82) is 0 Å². The standard InChI is InChI=1S/C26H25F6N5OS/c1-3-36(4-2)10-9-33-23-22(39-24(38)34-23)12-16-5-8-21-18(11-16)15-37(35-21)14-17-6-7-19(25(27,28)29)13-20(17)26(30,31)32/h5-8,11-13,15H,3-4,9-10,14H2,1-2H3,(H,33,34,38)/b22-12-. The van der Waals surface area contributed by atoms with Crippen LogP contribution in [0.2, 0.25) is 0 Å². The first kappa shape index (κ1) is 28.7. The minimum absolute atomic E-state index is 0.124. The number of amides is 1. The molecule has 4 rings (SSSR count). The second-order valence-corrected chi connectivity index (χ2v) is 9.81. The second kappa shape index (κ2) is 11.4. The first-order chi connectivity index (χ1) is 18.4. The summed E-state index contributed by atoms with van der Waals surface area (Å²) >= 11 is 1.02. The molecule has 0 unspecified atom stereocenters. The summed E-state index contributed by atoms with van der Waals surface area (Å²) in [4.78, 5) is 19.4. The largest absolute Gasteiger partial charge is 0.416 e. The van der Waals surface area contributed by atoms with Crippen LogP contribution in [0.1, 0.15) is 36.1 Å². The maximum absolute atomic E-state index is 13.5. The van der Waals surface area contributed by atoms with Gasteiger partial charge < -0.3 is 10.2 Å². The summed E-state index contributed by atoms with van der Waals surface area (Å²) in [6.07, 6.45) is -6.54. The molecule has 1 fully saturated rings. The van der Waals surface area contributed by atoms with Crippen molar-refractivity contribution >= 4 is 39.8 Å². The van der Waals surface area contributed by atoms with Crippen LogP contribution in [0.4, 0.5) is 31.1 Å². The molecule has 1 saturated heterocycles. The van der Waals surface area contributed by atoms with Crippen molar-refractivity contribution in [3.63, 3.8) is 0 Å². The molecule has 1 aliphatic rings. The summed E-state index contributed by atoms with van der Waals surface area (Å²) in [5.74, 6) is 0.481. The van der Waals surface area contributed by atoms with Gasteiger partial charge in [0, 0.05) is 18.1 Å². The Labute approximate surface area is 224 Å². The van der Waals surface area contributed by atoms with Crippen LogP contribution in [0.5, 0.6) is 0 Å². The van der Waals surface area contributed by atoms with Crippen LogP contribution in [-0.4, -0.2) is 51.9 Å². The second-order valence-electron chi connectivity index (χ2n) is 8.79. The summed E-state index contributed by atoms with van der Waals surface area (Å²) in [7, 11) is 0. The van der Waals surface area contributed by atoms with Gasteiger partial charge in [0.25, 0.3) is 5.24 Å². The van der Waals surface area contributed by atoms with E-state index in [1.165, 1.54) is 10.9 Å². The van der Waals surface area contributed by atoms with E-state index in [9.17, 15) is 31.1 Å². The van der Waals surface area contributed by atoms with Gasteiger partial charge in [-0.2, -0.15) is 31.4 Å². The molecular formula is C26H25F6N5OS. The number of carbonyl (C=O) groups is 1. The minimum Gasteiger partial charge on any atom is -0.302 e. The number of alkyl halides is 6. The number of rotatable bonds is 8. The lowest BCUT2D eigenvalue weighted by Gasteiger charge is -2.16. The highest BCUT2D eigenvalue weighted by molar-refractivity contribution is 8.18. The Kier molecular flexibility index (Phi) is 8.40. The van der Waals surface area contributed by atoms with Crippen LogP contribution < -0.4 is 5.32 Å². The van der Waals surface area contributed by atoms with Crippen LogP contribution in [0.25, 0.3) is 17.0 Å². The average Bonchev–Trinajstić information content (AvgIpc) is 3.42. The van der Waals surface area contributed by atoms with Crippen LogP contribution in [-0.2, 0) is 18.9 Å². The van der Waals surface area contributed by atoms with E-state index >= 15 is 0 Å². The number of amidine groups is 1. The van der Waals surface area contributed by atoms with E-state index in [-0.39, 0.29) is 23.4 Å². The molecule has 0 atom stereocenters. The maximum Gasteiger partial charge on any atom is 0.416 e. The topological polar surface area (TPSA) is 62.5 Å². The zero-order chi connectivity index (χ0) is 28.4. The summed E-state index contributed by atoms with van der Waals surface area (Å²) in [6, 6.07) is 6.79. The van der Waals surface area contributed by atoms with E-state index in [1.54, 1.807) is 24.3 Å². The van der Waals surface area contributed by atoms with Crippen molar-refractivity contribution in [2.45, 2.75) is 32.7 Å². The van der Waals surface area contributed by atoms with Crippen LogP contribution in [0.15, 0.2) is 52.5 Å². The lowest BCUT2D eigenvalue weighted by molar-refractivity contribution is -0.143. The maximum atomic E-state index is 13.5. The molecule has 0 aliphatic carbocycles. The van der Waals surface area contributed by atoms with Crippen LogP contribution >= 0.6 is 11.8 Å². The highest BCUT2D eigenvalue weighted by atomic mass is 32.2. The highest BCUT2D eigenvalue weighted by Crippen LogP contribution is 2.37. The number of fused-ring (bicyclic) bond motifs is 1. The number of benzene rings is 2. The molecule has 1 aromatic heterocycles. The quantitative estimate of drug-likeness (QED) is 0.308. The molecule has 1 amide bonds. The number of likely N-dealkylation sites (N-methyl/N-ethyl adjacent to an activating group) is 1. The SMILES string of the molecule is CCN(CC)CCN=C1NC(=O)S/C1=C\c1ccc2nn(Cc3ccc(C(F)(F)F)cc3C(F)(F)F)cc2c1. The summed E-state index contributed by atoms with van der Waals surface area (Å²) in [5.41, 5.74) is -1.83. The predicted octanol–water partition coefficient (Wildman–Crippen LogP) is 6.66. The molecule has 3 aromatic rings.